The van der Waals surface area contributed by atoms with Crippen molar-refractivity contribution in [3.63, 3.8) is 0 Å². The molecule has 28 heavy (non-hydrogen) atoms. The van der Waals surface area contributed by atoms with Gasteiger partial charge in [0.2, 0.25) is 0 Å². The maximum Gasteiger partial charge on any atom is 0.351 e. The number of ketones is 2. The number of hydrogen-bond donors (Lipinski definition) is 0. The van der Waals surface area contributed by atoms with Crippen LogP contribution in [0.25, 0.3) is 0 Å². The van der Waals surface area contributed by atoms with Gasteiger partial charge < -0.3 is 9.47 Å². The van der Waals surface area contributed by atoms with Crippen molar-refractivity contribution in [3.05, 3.63) is 0 Å². The average Bonchev–Trinajstić information content (AvgIpc) is 2.66. The molecule has 1 fully saturated rings. The fourth-order valence-electron chi connectivity index (χ4n) is 4.11. The van der Waals surface area contributed by atoms with E-state index in [1.165, 1.54) is 7.11 Å². The van der Waals surface area contributed by atoms with E-state index in [2.05, 4.69) is 0 Å². The highest BCUT2D eigenvalue weighted by Crippen LogP contribution is 2.37. The minimum Gasteiger partial charge on any atom is -0.459 e. The summed E-state index contributed by atoms with van der Waals surface area (Å²) >= 11 is 0. The second kappa shape index (κ2) is 9.47. The van der Waals surface area contributed by atoms with Crippen LogP contribution in [0.3, 0.4) is 0 Å². The minimum atomic E-state index is -2.72. The van der Waals surface area contributed by atoms with Gasteiger partial charge in [-0.25, -0.2) is 9.18 Å². The van der Waals surface area contributed by atoms with Gasteiger partial charge >= 0.3 is 5.97 Å². The van der Waals surface area contributed by atoms with Crippen molar-refractivity contribution >= 4 is 17.5 Å². The van der Waals surface area contributed by atoms with E-state index in [0.717, 1.165) is 6.92 Å². The highest BCUT2D eigenvalue weighted by Gasteiger charge is 2.50. The largest absolute Gasteiger partial charge is 0.459 e. The molecule has 0 amide bonds. The molecule has 162 valence electrons. The summed E-state index contributed by atoms with van der Waals surface area (Å²) in [6.45, 7) is 11.8. The Hall–Kier alpha value is -1.30. The van der Waals surface area contributed by atoms with Crippen LogP contribution in [0.1, 0.15) is 74.1 Å². The van der Waals surface area contributed by atoms with Crippen LogP contribution in [-0.4, -0.2) is 42.0 Å². The number of carbonyl (C=O) groups is 3. The Labute approximate surface area is 168 Å². The molecule has 0 radical (unpaired) electrons. The number of hydrogen-bond acceptors (Lipinski definition) is 5. The molecular weight excluding hydrogens is 363 g/mol. The highest BCUT2D eigenvalue weighted by molar-refractivity contribution is 6.07. The van der Waals surface area contributed by atoms with E-state index in [1.807, 2.05) is 27.7 Å². The molecular formula is C22H37FO5. The summed E-state index contributed by atoms with van der Waals surface area (Å²) in [6.07, 6.45) is 1.31. The number of Topliss-reactive ketones (excluding diaryl/α,β-unsaturated/α-hetero) is 2. The van der Waals surface area contributed by atoms with Gasteiger partial charge in [0.25, 0.3) is 5.67 Å². The van der Waals surface area contributed by atoms with Crippen LogP contribution in [0.4, 0.5) is 4.39 Å². The third-order valence-corrected chi connectivity index (χ3v) is 6.84. The SMILES string of the molecule is CC[C@H]1OC(=O)[C@](C)(F)C(=O)[C@H](C)[C@@H](C)[C@@](C)(OC)C[C@@H](C)C(=O)CC[C@H]1C. The third-order valence-electron chi connectivity index (χ3n) is 6.84. The van der Waals surface area contributed by atoms with Gasteiger partial charge in [-0.3, -0.25) is 9.59 Å². The molecule has 0 aromatic rings. The van der Waals surface area contributed by atoms with E-state index in [9.17, 15) is 14.4 Å². The predicted octanol–water partition coefficient (Wildman–Crippen LogP) is 4.31. The van der Waals surface area contributed by atoms with Crippen LogP contribution in [0.5, 0.6) is 0 Å². The molecule has 7 atom stereocenters. The van der Waals surface area contributed by atoms with Crippen molar-refractivity contribution in [1.82, 2.24) is 0 Å². The number of esters is 1. The van der Waals surface area contributed by atoms with E-state index >= 15 is 4.39 Å². The van der Waals surface area contributed by atoms with Gasteiger partial charge in [0, 0.05) is 25.4 Å². The molecule has 0 N–H and O–H groups in total. The van der Waals surface area contributed by atoms with Crippen molar-refractivity contribution < 1.29 is 28.2 Å². The summed E-state index contributed by atoms with van der Waals surface area (Å²) < 4.78 is 26.3. The summed E-state index contributed by atoms with van der Waals surface area (Å²) in [5, 5.41) is 0. The number of rotatable bonds is 2. The zero-order chi connectivity index (χ0) is 21.9. The van der Waals surface area contributed by atoms with Crippen molar-refractivity contribution in [2.45, 2.75) is 91.5 Å². The van der Waals surface area contributed by atoms with E-state index in [0.29, 0.717) is 25.7 Å². The number of cyclic esters (lactones) is 1. The highest BCUT2D eigenvalue weighted by atomic mass is 19.1. The maximum atomic E-state index is 15.3. The normalized spacial score (nSPS) is 42.0. The smallest absolute Gasteiger partial charge is 0.351 e. The Morgan fingerprint density at radius 1 is 1.14 bits per heavy atom. The van der Waals surface area contributed by atoms with Gasteiger partial charge in [-0.15, -0.1) is 0 Å². The minimum absolute atomic E-state index is 0.107. The Bertz CT molecular complexity index is 587. The molecule has 0 aromatic heterocycles. The first-order valence-electron chi connectivity index (χ1n) is 10.3. The molecule has 1 heterocycles. The summed E-state index contributed by atoms with van der Waals surface area (Å²) in [4.78, 5) is 38.1. The lowest BCUT2D eigenvalue weighted by atomic mass is 9.72. The van der Waals surface area contributed by atoms with Crippen molar-refractivity contribution in [3.8, 4) is 0 Å². The number of carbonyl (C=O) groups excluding carboxylic acids is 3. The first-order chi connectivity index (χ1) is 12.8. The van der Waals surface area contributed by atoms with Gasteiger partial charge in [-0.05, 0) is 44.9 Å². The molecule has 0 aliphatic carbocycles. The molecule has 1 rings (SSSR count). The Morgan fingerprint density at radius 2 is 1.71 bits per heavy atom. The number of methoxy groups -OCH3 is 1. The molecule has 0 bridgehead atoms. The molecule has 0 saturated carbocycles. The molecule has 1 aliphatic heterocycles. The Morgan fingerprint density at radius 3 is 2.21 bits per heavy atom. The maximum absolute atomic E-state index is 15.3. The van der Waals surface area contributed by atoms with Crippen LogP contribution >= 0.6 is 0 Å². The first-order valence-corrected chi connectivity index (χ1v) is 10.3. The number of alkyl halides is 1. The average molecular weight is 401 g/mol. The summed E-state index contributed by atoms with van der Waals surface area (Å²) in [7, 11) is 1.53. The molecule has 6 heteroatoms. The van der Waals surface area contributed by atoms with Crippen molar-refractivity contribution in [2.24, 2.45) is 23.7 Å². The summed E-state index contributed by atoms with van der Waals surface area (Å²) in [5.74, 6) is -3.37. The van der Waals surface area contributed by atoms with Crippen LogP contribution in [0.15, 0.2) is 0 Å². The quantitative estimate of drug-likeness (QED) is 0.510. The van der Waals surface area contributed by atoms with E-state index in [-0.39, 0.29) is 17.6 Å². The first kappa shape index (κ1) is 24.7. The van der Waals surface area contributed by atoms with E-state index in [1.54, 1.807) is 13.8 Å². The van der Waals surface area contributed by atoms with Crippen molar-refractivity contribution in [2.75, 3.05) is 7.11 Å². The standard InChI is InChI=1S/C22H37FO5/c1-9-18-13(2)10-11-17(24)14(3)12-21(6,27-8)16(5)15(4)19(25)22(7,23)20(26)28-18/h13-16,18H,9-12H2,1-8H3/t13-,14-,15-,16-,18-,21+,22-/m1/s1. The van der Waals surface area contributed by atoms with E-state index in [4.69, 9.17) is 9.47 Å². The van der Waals surface area contributed by atoms with Crippen LogP contribution < -0.4 is 0 Å². The third kappa shape index (κ3) is 5.19. The lowest BCUT2D eigenvalue weighted by molar-refractivity contribution is -0.171. The van der Waals surface area contributed by atoms with Gasteiger partial charge in [0.1, 0.15) is 11.9 Å². The lowest BCUT2D eigenvalue weighted by Crippen LogP contribution is -2.51. The van der Waals surface area contributed by atoms with E-state index < -0.39 is 41.0 Å². The molecule has 0 unspecified atom stereocenters. The summed E-state index contributed by atoms with van der Waals surface area (Å²) in [6, 6.07) is 0. The second-order valence-corrected chi connectivity index (χ2v) is 8.90. The van der Waals surface area contributed by atoms with Gasteiger partial charge in [-0.1, -0.05) is 34.6 Å². The fourth-order valence-corrected chi connectivity index (χ4v) is 4.11. The molecule has 0 spiro atoms. The van der Waals surface area contributed by atoms with Gasteiger partial charge in [0.05, 0.1) is 5.60 Å². The zero-order valence-electron chi connectivity index (χ0n) is 18.6. The lowest BCUT2D eigenvalue weighted by Gasteiger charge is -2.40. The van der Waals surface area contributed by atoms with Crippen molar-refractivity contribution in [1.29, 1.82) is 0 Å². The van der Waals surface area contributed by atoms with Gasteiger partial charge in [-0.2, -0.15) is 0 Å². The Kier molecular flexibility index (Phi) is 8.36. The number of halogens is 1. The monoisotopic (exact) mass is 400 g/mol. The predicted molar refractivity (Wildman–Crippen MR) is 106 cm³/mol. The summed E-state index contributed by atoms with van der Waals surface area (Å²) in [5.41, 5.74) is -3.52. The molecule has 0 aromatic carbocycles. The molecule has 5 nitrogen and oxygen atoms in total. The molecule has 1 saturated heterocycles. The second-order valence-electron chi connectivity index (χ2n) is 8.90. The number of ether oxygens (including phenoxy) is 2. The Balaban J connectivity index is 3.33. The van der Waals surface area contributed by atoms with Gasteiger partial charge in [0.15, 0.2) is 5.78 Å². The van der Waals surface area contributed by atoms with Crippen LogP contribution in [-0.2, 0) is 23.9 Å². The van der Waals surface area contributed by atoms with Crippen LogP contribution in [0, 0.1) is 23.7 Å². The van der Waals surface area contributed by atoms with Crippen LogP contribution in [0.2, 0.25) is 0 Å². The topological polar surface area (TPSA) is 69.7 Å². The fraction of sp³-hybridized carbons (Fsp3) is 0.864. The molecule has 1 aliphatic rings. The zero-order valence-corrected chi connectivity index (χ0v) is 18.6.